The van der Waals surface area contributed by atoms with Crippen LogP contribution in [0.4, 0.5) is 5.82 Å². The van der Waals surface area contributed by atoms with Gasteiger partial charge in [-0.05, 0) is 25.2 Å². The third kappa shape index (κ3) is 3.59. The van der Waals surface area contributed by atoms with Crippen LogP contribution in [0.25, 0.3) is 0 Å². The van der Waals surface area contributed by atoms with Crippen molar-refractivity contribution in [3.8, 4) is 0 Å². The van der Waals surface area contributed by atoms with E-state index in [1.54, 1.807) is 0 Å². The lowest BCUT2D eigenvalue weighted by Gasteiger charge is -2.34. The molecule has 0 amide bonds. The van der Waals surface area contributed by atoms with Crippen LogP contribution in [0.2, 0.25) is 5.15 Å². The Morgan fingerprint density at radius 1 is 1.21 bits per heavy atom. The number of halogens is 1. The Kier molecular flexibility index (Phi) is 4.67. The summed E-state index contributed by atoms with van der Waals surface area (Å²) in [5, 5.41) is 4.08. The molecule has 1 aliphatic carbocycles. The number of rotatable bonds is 4. The summed E-state index contributed by atoms with van der Waals surface area (Å²) < 4.78 is 0. The molecule has 0 aliphatic heterocycles. The van der Waals surface area contributed by atoms with Gasteiger partial charge in [0.1, 0.15) is 16.8 Å². The molecular weight excluding hydrogens is 258 g/mol. The molecule has 0 spiro atoms. The van der Waals surface area contributed by atoms with Crippen LogP contribution in [-0.2, 0) is 6.42 Å². The molecule has 0 atom stereocenters. The summed E-state index contributed by atoms with van der Waals surface area (Å²) in [4.78, 5) is 8.84. The van der Waals surface area contributed by atoms with Crippen molar-refractivity contribution < 1.29 is 0 Å². The molecule has 1 aromatic heterocycles. The molecule has 106 valence electrons. The third-order valence-corrected chi connectivity index (χ3v) is 4.56. The van der Waals surface area contributed by atoms with Gasteiger partial charge >= 0.3 is 0 Å². The number of nitrogens with zero attached hydrogens (tertiary/aromatic N) is 2. The van der Waals surface area contributed by atoms with Gasteiger partial charge in [-0.2, -0.15) is 0 Å². The quantitative estimate of drug-likeness (QED) is 0.832. The van der Waals surface area contributed by atoms with Crippen LogP contribution in [0.3, 0.4) is 0 Å². The second-order valence-electron chi connectivity index (χ2n) is 5.98. The van der Waals surface area contributed by atoms with Gasteiger partial charge < -0.3 is 5.32 Å². The maximum absolute atomic E-state index is 6.16. The lowest BCUT2D eigenvalue weighted by molar-refractivity contribution is 0.233. The fourth-order valence-electron chi connectivity index (χ4n) is 2.74. The normalized spacial score (nSPS) is 18.3. The summed E-state index contributed by atoms with van der Waals surface area (Å²) in [6.45, 7) is 7.38. The zero-order valence-corrected chi connectivity index (χ0v) is 13.0. The van der Waals surface area contributed by atoms with E-state index in [1.807, 2.05) is 13.8 Å². The molecule has 0 bridgehead atoms. The average Bonchev–Trinajstić information content (AvgIpc) is 2.41. The minimum absolute atomic E-state index is 0.397. The first-order chi connectivity index (χ1) is 9.04. The van der Waals surface area contributed by atoms with E-state index in [1.165, 1.54) is 32.1 Å². The summed E-state index contributed by atoms with van der Waals surface area (Å²) in [5.74, 6) is 1.72. The van der Waals surface area contributed by atoms with E-state index in [9.17, 15) is 0 Å². The summed E-state index contributed by atoms with van der Waals surface area (Å²) in [6.07, 6.45) is 7.50. The zero-order chi connectivity index (χ0) is 13.9. The molecular formula is C15H24ClN3. The molecule has 1 N–H and O–H groups in total. The maximum Gasteiger partial charge on any atom is 0.137 e. The Balaban J connectivity index is 2.08. The van der Waals surface area contributed by atoms with Crippen molar-refractivity contribution in [1.82, 2.24) is 9.97 Å². The molecule has 1 aliphatic rings. The van der Waals surface area contributed by atoms with Gasteiger partial charge in [-0.1, -0.05) is 44.7 Å². The van der Waals surface area contributed by atoms with Gasteiger partial charge in [0.25, 0.3) is 0 Å². The topological polar surface area (TPSA) is 37.8 Å². The SMILES string of the molecule is CCc1nc(Cl)c(C)c(NCC2(C)CCCCC2)n1. The highest BCUT2D eigenvalue weighted by Gasteiger charge is 2.26. The van der Waals surface area contributed by atoms with Gasteiger partial charge in [-0.15, -0.1) is 0 Å². The first-order valence-electron chi connectivity index (χ1n) is 7.31. The van der Waals surface area contributed by atoms with E-state index in [0.29, 0.717) is 10.6 Å². The highest BCUT2D eigenvalue weighted by atomic mass is 35.5. The lowest BCUT2D eigenvalue weighted by atomic mass is 9.76. The van der Waals surface area contributed by atoms with Gasteiger partial charge in [0.05, 0.1) is 0 Å². The number of anilines is 1. The Hall–Kier alpha value is -0.830. The predicted octanol–water partition coefficient (Wildman–Crippen LogP) is 4.38. The van der Waals surface area contributed by atoms with Crippen LogP contribution in [-0.4, -0.2) is 16.5 Å². The highest BCUT2D eigenvalue weighted by molar-refractivity contribution is 6.30. The lowest BCUT2D eigenvalue weighted by Crippen LogP contribution is -2.29. The van der Waals surface area contributed by atoms with Crippen LogP contribution in [0.1, 0.15) is 57.3 Å². The molecule has 1 saturated carbocycles. The van der Waals surface area contributed by atoms with E-state index in [-0.39, 0.29) is 0 Å². The number of aromatic nitrogens is 2. The van der Waals surface area contributed by atoms with Crippen molar-refractivity contribution in [3.05, 3.63) is 16.5 Å². The van der Waals surface area contributed by atoms with E-state index in [0.717, 1.165) is 30.2 Å². The van der Waals surface area contributed by atoms with Gasteiger partial charge in [0, 0.05) is 18.5 Å². The highest BCUT2D eigenvalue weighted by Crippen LogP contribution is 2.36. The van der Waals surface area contributed by atoms with Gasteiger partial charge in [-0.3, -0.25) is 0 Å². The van der Waals surface area contributed by atoms with Crippen LogP contribution in [0.15, 0.2) is 0 Å². The molecule has 0 aromatic carbocycles. The van der Waals surface area contributed by atoms with Gasteiger partial charge in [0.15, 0.2) is 0 Å². The fourth-order valence-corrected chi connectivity index (χ4v) is 2.93. The molecule has 4 heteroatoms. The first-order valence-corrected chi connectivity index (χ1v) is 7.69. The minimum atomic E-state index is 0.397. The molecule has 1 aromatic rings. The Bertz CT molecular complexity index is 439. The third-order valence-electron chi connectivity index (χ3n) is 4.19. The fraction of sp³-hybridized carbons (Fsp3) is 0.733. The summed E-state index contributed by atoms with van der Waals surface area (Å²) in [7, 11) is 0. The summed E-state index contributed by atoms with van der Waals surface area (Å²) in [5.41, 5.74) is 1.35. The molecule has 0 unspecified atom stereocenters. The van der Waals surface area contributed by atoms with Crippen LogP contribution >= 0.6 is 11.6 Å². The Labute approximate surface area is 121 Å². The van der Waals surface area contributed by atoms with Crippen LogP contribution < -0.4 is 5.32 Å². The number of hydrogen-bond donors (Lipinski definition) is 1. The molecule has 1 heterocycles. The molecule has 19 heavy (non-hydrogen) atoms. The molecule has 0 saturated heterocycles. The maximum atomic E-state index is 6.16. The minimum Gasteiger partial charge on any atom is -0.369 e. The molecule has 1 fully saturated rings. The summed E-state index contributed by atoms with van der Waals surface area (Å²) >= 11 is 6.16. The van der Waals surface area contributed by atoms with Crippen LogP contribution in [0.5, 0.6) is 0 Å². The van der Waals surface area contributed by atoms with Crippen molar-refractivity contribution >= 4 is 17.4 Å². The van der Waals surface area contributed by atoms with E-state index in [4.69, 9.17) is 11.6 Å². The molecule has 0 radical (unpaired) electrons. The second-order valence-corrected chi connectivity index (χ2v) is 6.34. The average molecular weight is 282 g/mol. The van der Waals surface area contributed by atoms with E-state index in [2.05, 4.69) is 22.2 Å². The van der Waals surface area contributed by atoms with E-state index >= 15 is 0 Å². The molecule has 2 rings (SSSR count). The van der Waals surface area contributed by atoms with Crippen molar-refractivity contribution in [2.24, 2.45) is 5.41 Å². The van der Waals surface area contributed by atoms with Crippen molar-refractivity contribution in [2.45, 2.75) is 59.3 Å². The largest absolute Gasteiger partial charge is 0.369 e. The van der Waals surface area contributed by atoms with Gasteiger partial charge in [-0.25, -0.2) is 9.97 Å². The first kappa shape index (κ1) is 14.6. The zero-order valence-electron chi connectivity index (χ0n) is 12.2. The van der Waals surface area contributed by atoms with Crippen molar-refractivity contribution in [3.63, 3.8) is 0 Å². The van der Waals surface area contributed by atoms with Crippen molar-refractivity contribution in [1.29, 1.82) is 0 Å². The predicted molar refractivity (Wildman–Crippen MR) is 80.8 cm³/mol. The summed E-state index contributed by atoms with van der Waals surface area (Å²) in [6, 6.07) is 0. The standard InChI is InChI=1S/C15H24ClN3/c1-4-12-18-13(16)11(2)14(19-12)17-10-15(3)8-6-5-7-9-15/h4-10H2,1-3H3,(H,17,18,19). The Morgan fingerprint density at radius 3 is 2.53 bits per heavy atom. The number of aryl methyl sites for hydroxylation is 1. The molecule has 3 nitrogen and oxygen atoms in total. The monoisotopic (exact) mass is 281 g/mol. The smallest absolute Gasteiger partial charge is 0.137 e. The van der Waals surface area contributed by atoms with Gasteiger partial charge in [0.2, 0.25) is 0 Å². The number of nitrogens with one attached hydrogen (secondary N) is 1. The Morgan fingerprint density at radius 2 is 1.89 bits per heavy atom. The number of hydrogen-bond acceptors (Lipinski definition) is 3. The van der Waals surface area contributed by atoms with Crippen LogP contribution in [0, 0.1) is 12.3 Å². The van der Waals surface area contributed by atoms with E-state index < -0.39 is 0 Å². The second kappa shape index (κ2) is 6.08. The van der Waals surface area contributed by atoms with Crippen molar-refractivity contribution in [2.75, 3.05) is 11.9 Å².